The van der Waals surface area contributed by atoms with Gasteiger partial charge < -0.3 is 15.4 Å². The predicted molar refractivity (Wildman–Crippen MR) is 77.8 cm³/mol. The molecular formula is C13H21N3O2S. The van der Waals surface area contributed by atoms with Gasteiger partial charge >= 0.3 is 5.13 Å². The van der Waals surface area contributed by atoms with Crippen molar-refractivity contribution in [2.75, 3.05) is 5.32 Å². The molecule has 0 radical (unpaired) electrons. The van der Waals surface area contributed by atoms with E-state index in [1.54, 1.807) is 0 Å². The topological polar surface area (TPSA) is 68.1 Å². The second kappa shape index (κ2) is 6.32. The van der Waals surface area contributed by atoms with Crippen LogP contribution in [0, 0.1) is 16.0 Å². The quantitative estimate of drug-likeness (QED) is 0.655. The van der Waals surface area contributed by atoms with E-state index in [1.807, 2.05) is 0 Å². The molecule has 1 heterocycles. The van der Waals surface area contributed by atoms with Crippen LogP contribution in [0.4, 0.5) is 10.9 Å². The van der Waals surface area contributed by atoms with Gasteiger partial charge in [-0.3, -0.25) is 0 Å². The van der Waals surface area contributed by atoms with E-state index in [0.29, 0.717) is 12.0 Å². The van der Waals surface area contributed by atoms with Crippen molar-refractivity contribution < 1.29 is 4.92 Å². The Balaban J connectivity index is 2.13. The van der Waals surface area contributed by atoms with Crippen molar-refractivity contribution in [3.05, 3.63) is 15.0 Å². The monoisotopic (exact) mass is 283 g/mol. The highest BCUT2D eigenvalue weighted by Crippen LogP contribution is 2.32. The van der Waals surface area contributed by atoms with Crippen LogP contribution < -0.4 is 5.32 Å². The van der Waals surface area contributed by atoms with E-state index in [2.05, 4.69) is 24.1 Å². The summed E-state index contributed by atoms with van der Waals surface area (Å²) in [5, 5.41) is 14.3. The van der Waals surface area contributed by atoms with Crippen LogP contribution in [0.15, 0.2) is 0 Å². The molecule has 0 aromatic carbocycles. The van der Waals surface area contributed by atoms with Gasteiger partial charge in [-0.05, 0) is 46.4 Å². The van der Waals surface area contributed by atoms with Crippen LogP contribution in [0.25, 0.3) is 0 Å². The number of nitro groups is 1. The summed E-state index contributed by atoms with van der Waals surface area (Å²) >= 11 is 1.21. The molecule has 106 valence electrons. The molecule has 1 aromatic rings. The van der Waals surface area contributed by atoms with Gasteiger partial charge in [-0.2, -0.15) is 0 Å². The summed E-state index contributed by atoms with van der Waals surface area (Å²) in [5.41, 5.74) is 0. The lowest BCUT2D eigenvalue weighted by Gasteiger charge is -2.21. The maximum atomic E-state index is 10.9. The Kier molecular flexibility index (Phi) is 4.74. The first kappa shape index (κ1) is 14.2. The summed E-state index contributed by atoms with van der Waals surface area (Å²) in [4.78, 5) is 15.7. The number of nitrogens with zero attached hydrogens (tertiary/aromatic N) is 2. The molecule has 0 spiro atoms. The van der Waals surface area contributed by atoms with Crippen molar-refractivity contribution in [2.45, 2.75) is 58.4 Å². The summed E-state index contributed by atoms with van der Waals surface area (Å²) in [5.74, 6) is 1.23. The molecule has 0 saturated heterocycles. The first-order valence-electron chi connectivity index (χ1n) is 6.97. The van der Waals surface area contributed by atoms with E-state index in [9.17, 15) is 10.1 Å². The van der Waals surface area contributed by atoms with Crippen molar-refractivity contribution in [1.29, 1.82) is 0 Å². The van der Waals surface area contributed by atoms with Crippen molar-refractivity contribution in [3.63, 3.8) is 0 Å². The normalized spacial score (nSPS) is 16.8. The van der Waals surface area contributed by atoms with Crippen LogP contribution in [0.5, 0.6) is 0 Å². The van der Waals surface area contributed by atoms with Gasteiger partial charge in [0.15, 0.2) is 0 Å². The number of thiazole rings is 1. The third-order valence-corrected chi connectivity index (χ3v) is 4.41. The fourth-order valence-corrected chi connectivity index (χ4v) is 3.53. The second-order valence-corrected chi connectivity index (χ2v) is 6.66. The zero-order chi connectivity index (χ0) is 13.8. The molecule has 5 nitrogen and oxygen atoms in total. The van der Waals surface area contributed by atoms with Crippen LogP contribution in [-0.4, -0.2) is 15.9 Å². The van der Waals surface area contributed by atoms with Crippen molar-refractivity contribution in [2.24, 2.45) is 5.92 Å². The van der Waals surface area contributed by atoms with Gasteiger partial charge in [-0.25, -0.2) is 0 Å². The van der Waals surface area contributed by atoms with Crippen molar-refractivity contribution in [3.8, 4) is 0 Å². The molecule has 0 aliphatic heterocycles. The number of nitrogens with one attached hydrogen (secondary N) is 1. The van der Waals surface area contributed by atoms with Gasteiger partial charge in [0.1, 0.15) is 0 Å². The number of anilines is 1. The van der Waals surface area contributed by atoms with E-state index >= 15 is 0 Å². The maximum absolute atomic E-state index is 10.9. The molecule has 1 aromatic heterocycles. The molecule has 1 N–H and O–H groups in total. The molecule has 0 amide bonds. The molecule has 6 heteroatoms. The largest absolute Gasteiger partial charge is 0.425 e. The smallest absolute Gasteiger partial charge is 0.357 e. The number of hydrogen-bond acceptors (Lipinski definition) is 5. The van der Waals surface area contributed by atoms with Gasteiger partial charge in [-0.1, -0.05) is 33.1 Å². The highest BCUT2D eigenvalue weighted by atomic mass is 32.1. The van der Waals surface area contributed by atoms with Gasteiger partial charge in [0.25, 0.3) is 5.82 Å². The molecule has 1 aliphatic rings. The lowest BCUT2D eigenvalue weighted by atomic mass is 9.95. The van der Waals surface area contributed by atoms with Gasteiger partial charge in [0, 0.05) is 6.04 Å². The second-order valence-electron chi connectivity index (χ2n) is 5.60. The maximum Gasteiger partial charge on any atom is 0.425 e. The highest BCUT2D eigenvalue weighted by Gasteiger charge is 2.24. The van der Waals surface area contributed by atoms with Gasteiger partial charge in [0.05, 0.1) is 4.88 Å². The summed E-state index contributed by atoms with van der Waals surface area (Å²) < 4.78 is 0. The summed E-state index contributed by atoms with van der Waals surface area (Å²) in [6.07, 6.45) is 6.92. The van der Waals surface area contributed by atoms with Crippen LogP contribution >= 0.6 is 11.3 Å². The Bertz CT molecular complexity index is 439. The Morgan fingerprint density at radius 1 is 1.42 bits per heavy atom. The van der Waals surface area contributed by atoms with Gasteiger partial charge in [0.2, 0.25) is 0 Å². The predicted octanol–water partition coefficient (Wildman–Crippen LogP) is 3.99. The number of aromatic nitrogens is 1. The van der Waals surface area contributed by atoms with Gasteiger partial charge in [-0.15, -0.1) is 0 Å². The first-order valence-corrected chi connectivity index (χ1v) is 7.78. The molecule has 2 rings (SSSR count). The molecule has 0 unspecified atom stereocenters. The van der Waals surface area contributed by atoms with E-state index in [-0.39, 0.29) is 10.1 Å². The average Bonchev–Trinajstić information content (AvgIpc) is 2.73. The van der Waals surface area contributed by atoms with Crippen LogP contribution in [0.3, 0.4) is 0 Å². The van der Waals surface area contributed by atoms with E-state index in [0.717, 1.165) is 30.0 Å². The van der Waals surface area contributed by atoms with E-state index in [4.69, 9.17) is 0 Å². The Morgan fingerprint density at radius 3 is 2.68 bits per heavy atom. The third-order valence-electron chi connectivity index (χ3n) is 3.38. The SMILES string of the molecule is CC(C)Cc1sc([N+](=O)[O-])nc1NC1CCCCC1. The lowest BCUT2D eigenvalue weighted by Crippen LogP contribution is -2.23. The van der Waals surface area contributed by atoms with Crippen LogP contribution in [-0.2, 0) is 6.42 Å². The highest BCUT2D eigenvalue weighted by molar-refractivity contribution is 7.15. The Labute approximate surface area is 117 Å². The lowest BCUT2D eigenvalue weighted by molar-refractivity contribution is -0.384. The number of rotatable bonds is 5. The first-order chi connectivity index (χ1) is 9.06. The summed E-state index contributed by atoms with van der Waals surface area (Å²) in [7, 11) is 0. The number of hydrogen-bond donors (Lipinski definition) is 1. The van der Waals surface area contributed by atoms with Crippen molar-refractivity contribution in [1.82, 2.24) is 4.98 Å². The average molecular weight is 283 g/mol. The molecule has 1 saturated carbocycles. The molecular weight excluding hydrogens is 262 g/mol. The van der Waals surface area contributed by atoms with Crippen LogP contribution in [0.1, 0.15) is 50.8 Å². The summed E-state index contributed by atoms with van der Waals surface area (Å²) in [6.45, 7) is 4.24. The molecule has 0 atom stereocenters. The molecule has 19 heavy (non-hydrogen) atoms. The minimum absolute atomic E-state index is 0.00830. The molecule has 1 aliphatic carbocycles. The molecule has 0 bridgehead atoms. The minimum Gasteiger partial charge on any atom is -0.357 e. The van der Waals surface area contributed by atoms with E-state index in [1.165, 1.54) is 30.6 Å². The van der Waals surface area contributed by atoms with E-state index < -0.39 is 0 Å². The fraction of sp³-hybridized carbons (Fsp3) is 0.769. The van der Waals surface area contributed by atoms with Crippen molar-refractivity contribution >= 4 is 22.3 Å². The minimum atomic E-state index is -0.388. The van der Waals surface area contributed by atoms with Crippen LogP contribution in [0.2, 0.25) is 0 Å². The summed E-state index contributed by atoms with van der Waals surface area (Å²) in [6, 6.07) is 0.432. The zero-order valence-corrected chi connectivity index (χ0v) is 12.3. The fourth-order valence-electron chi connectivity index (χ4n) is 2.48. The zero-order valence-electron chi connectivity index (χ0n) is 11.5. The molecule has 1 fully saturated rings. The Morgan fingerprint density at radius 2 is 2.11 bits per heavy atom. The Hall–Kier alpha value is -1.17. The third kappa shape index (κ3) is 3.89. The standard InChI is InChI=1S/C13H21N3O2S/c1-9(2)8-11-12(15-13(19-11)16(17)18)14-10-6-4-3-5-7-10/h9-10,14H,3-8H2,1-2H3.